The van der Waals surface area contributed by atoms with Gasteiger partial charge < -0.3 is 4.74 Å². The smallest absolute Gasteiger partial charge is 0.339 e. The highest BCUT2D eigenvalue weighted by molar-refractivity contribution is 9.10. The number of halogens is 2. The van der Waals surface area contributed by atoms with Crippen LogP contribution in [0, 0.1) is 0 Å². The molecule has 1 rings (SSSR count). The summed E-state index contributed by atoms with van der Waals surface area (Å²) in [5, 5.41) is 0.607. The van der Waals surface area contributed by atoms with Crippen molar-refractivity contribution in [1.82, 2.24) is 0 Å². The molecule has 0 saturated carbocycles. The molecule has 3 nitrogen and oxygen atoms in total. The van der Waals surface area contributed by atoms with Crippen LogP contribution in [0.4, 0.5) is 0 Å². The number of Topliss-reactive ketones (excluding diaryl/α,β-unsaturated/α-hetero) is 1. The summed E-state index contributed by atoms with van der Waals surface area (Å²) >= 11 is 6.44. The van der Waals surface area contributed by atoms with E-state index in [1.807, 2.05) is 0 Å². The van der Waals surface area contributed by atoms with Gasteiger partial charge in [-0.25, -0.2) is 4.79 Å². The molecule has 0 N–H and O–H groups in total. The van der Waals surface area contributed by atoms with Gasteiger partial charge in [0.25, 0.3) is 0 Å². The topological polar surface area (TPSA) is 43.4 Å². The van der Waals surface area contributed by atoms with E-state index in [9.17, 15) is 9.59 Å². The minimum Gasteiger partial charge on any atom is -0.465 e. The number of esters is 1. The van der Waals surface area contributed by atoms with Gasteiger partial charge in [-0.1, -0.05) is 22.0 Å². The van der Waals surface area contributed by atoms with Crippen LogP contribution in [0.5, 0.6) is 0 Å². The van der Waals surface area contributed by atoms with Crippen molar-refractivity contribution in [2.75, 3.05) is 12.4 Å². The molecule has 0 radical (unpaired) electrons. The van der Waals surface area contributed by atoms with Gasteiger partial charge in [-0.2, -0.15) is 0 Å². The molecular weight excluding hydrogens is 340 g/mol. The Morgan fingerprint density at radius 3 is 2.62 bits per heavy atom. The van der Waals surface area contributed by atoms with E-state index in [0.29, 0.717) is 27.4 Å². The fourth-order valence-electron chi connectivity index (χ4n) is 1.20. The standard InChI is InChI=1S/C11H10Br2O3/c1-16-11(15)8-6-7(2-3-9(8)13)10(14)4-5-12/h2-3,6H,4-5H2,1H3. The number of methoxy groups -OCH3 is 1. The van der Waals surface area contributed by atoms with Gasteiger partial charge >= 0.3 is 5.97 Å². The van der Waals surface area contributed by atoms with Crippen LogP contribution in [0.1, 0.15) is 27.1 Å². The van der Waals surface area contributed by atoms with Crippen LogP contribution >= 0.6 is 31.9 Å². The van der Waals surface area contributed by atoms with E-state index in [1.54, 1.807) is 18.2 Å². The lowest BCUT2D eigenvalue weighted by Crippen LogP contribution is -2.06. The molecule has 0 atom stereocenters. The summed E-state index contributed by atoms with van der Waals surface area (Å²) in [6.07, 6.45) is 0.405. The Bertz CT molecular complexity index is 416. The molecule has 5 heteroatoms. The van der Waals surface area contributed by atoms with Gasteiger partial charge in [-0.05, 0) is 28.1 Å². The van der Waals surface area contributed by atoms with E-state index >= 15 is 0 Å². The molecule has 16 heavy (non-hydrogen) atoms. The van der Waals surface area contributed by atoms with Crippen LogP contribution in [0.15, 0.2) is 22.7 Å². The van der Waals surface area contributed by atoms with Crippen molar-refractivity contribution in [3.8, 4) is 0 Å². The zero-order valence-electron chi connectivity index (χ0n) is 8.63. The summed E-state index contributed by atoms with van der Waals surface area (Å²) in [6, 6.07) is 4.90. The first-order valence-electron chi connectivity index (χ1n) is 4.57. The van der Waals surface area contributed by atoms with Gasteiger partial charge in [-0.15, -0.1) is 0 Å². The predicted octanol–water partition coefficient (Wildman–Crippen LogP) is 3.20. The van der Waals surface area contributed by atoms with Crippen molar-refractivity contribution in [2.24, 2.45) is 0 Å². The molecule has 0 aliphatic carbocycles. The second-order valence-electron chi connectivity index (χ2n) is 3.05. The maximum atomic E-state index is 11.6. The average molecular weight is 350 g/mol. The first kappa shape index (κ1) is 13.4. The number of ether oxygens (including phenoxy) is 1. The second kappa shape index (κ2) is 6.15. The van der Waals surface area contributed by atoms with Crippen molar-refractivity contribution in [3.05, 3.63) is 33.8 Å². The highest BCUT2D eigenvalue weighted by Crippen LogP contribution is 2.20. The van der Waals surface area contributed by atoms with Gasteiger partial charge in [0.15, 0.2) is 5.78 Å². The van der Waals surface area contributed by atoms with E-state index in [4.69, 9.17) is 0 Å². The van der Waals surface area contributed by atoms with Gasteiger partial charge in [-0.3, -0.25) is 4.79 Å². The number of ketones is 1. The third kappa shape index (κ3) is 3.15. The molecule has 0 heterocycles. The molecule has 0 aliphatic heterocycles. The Morgan fingerprint density at radius 2 is 2.06 bits per heavy atom. The number of benzene rings is 1. The number of hydrogen-bond donors (Lipinski definition) is 0. The number of hydrogen-bond acceptors (Lipinski definition) is 3. The Kier molecular flexibility index (Phi) is 5.15. The average Bonchev–Trinajstić information content (AvgIpc) is 2.29. The lowest BCUT2D eigenvalue weighted by atomic mass is 10.1. The predicted molar refractivity (Wildman–Crippen MR) is 68.2 cm³/mol. The number of rotatable bonds is 4. The van der Waals surface area contributed by atoms with Crippen LogP contribution in [-0.2, 0) is 4.74 Å². The molecule has 1 aromatic rings. The monoisotopic (exact) mass is 348 g/mol. The lowest BCUT2D eigenvalue weighted by Gasteiger charge is -2.05. The molecule has 0 spiro atoms. The number of carbonyl (C=O) groups is 2. The highest BCUT2D eigenvalue weighted by atomic mass is 79.9. The summed E-state index contributed by atoms with van der Waals surface area (Å²) in [5.74, 6) is -0.463. The maximum Gasteiger partial charge on any atom is 0.339 e. The van der Waals surface area contributed by atoms with Crippen LogP contribution < -0.4 is 0 Å². The van der Waals surface area contributed by atoms with Crippen molar-refractivity contribution >= 4 is 43.6 Å². The van der Waals surface area contributed by atoms with Crippen molar-refractivity contribution in [1.29, 1.82) is 0 Å². The van der Waals surface area contributed by atoms with Crippen LogP contribution in [0.25, 0.3) is 0 Å². The van der Waals surface area contributed by atoms with E-state index in [0.717, 1.165) is 0 Å². The third-order valence-corrected chi connectivity index (χ3v) is 3.10. The zero-order chi connectivity index (χ0) is 12.1. The van der Waals surface area contributed by atoms with E-state index in [2.05, 4.69) is 36.6 Å². The first-order valence-corrected chi connectivity index (χ1v) is 6.48. The molecular formula is C11H10Br2O3. The maximum absolute atomic E-state index is 11.6. The molecule has 0 fully saturated rings. The van der Waals surface area contributed by atoms with E-state index in [1.165, 1.54) is 7.11 Å². The first-order chi connectivity index (χ1) is 7.60. The Morgan fingerprint density at radius 1 is 1.38 bits per heavy atom. The normalized spacial score (nSPS) is 9.94. The Hall–Kier alpha value is -0.680. The lowest BCUT2D eigenvalue weighted by molar-refractivity contribution is 0.0599. The molecule has 0 aromatic heterocycles. The summed E-state index contributed by atoms with van der Waals surface area (Å²) in [5.41, 5.74) is 0.881. The van der Waals surface area contributed by atoms with Crippen LogP contribution in [0.3, 0.4) is 0 Å². The zero-order valence-corrected chi connectivity index (χ0v) is 11.8. The molecule has 0 bridgehead atoms. The largest absolute Gasteiger partial charge is 0.465 e. The van der Waals surface area contributed by atoms with Gasteiger partial charge in [0.1, 0.15) is 0 Å². The summed E-state index contributed by atoms with van der Waals surface area (Å²) in [7, 11) is 1.31. The molecule has 0 amide bonds. The fourth-order valence-corrected chi connectivity index (χ4v) is 1.96. The number of carbonyl (C=O) groups excluding carboxylic acids is 2. The minimum absolute atomic E-state index is 0.00507. The minimum atomic E-state index is -0.458. The summed E-state index contributed by atoms with van der Waals surface area (Å²) in [4.78, 5) is 23.0. The highest BCUT2D eigenvalue weighted by Gasteiger charge is 2.13. The fraction of sp³-hybridized carbons (Fsp3) is 0.273. The van der Waals surface area contributed by atoms with Gasteiger partial charge in [0, 0.05) is 21.8 Å². The molecule has 86 valence electrons. The van der Waals surface area contributed by atoms with E-state index < -0.39 is 5.97 Å². The van der Waals surface area contributed by atoms with Gasteiger partial charge in [0.2, 0.25) is 0 Å². The second-order valence-corrected chi connectivity index (χ2v) is 4.70. The Balaban J connectivity index is 3.07. The third-order valence-electron chi connectivity index (χ3n) is 2.02. The van der Waals surface area contributed by atoms with Crippen molar-refractivity contribution in [3.63, 3.8) is 0 Å². The Labute approximate surface area is 110 Å². The van der Waals surface area contributed by atoms with Crippen molar-refractivity contribution < 1.29 is 14.3 Å². The summed E-state index contributed by atoms with van der Waals surface area (Å²) < 4.78 is 5.24. The van der Waals surface area contributed by atoms with Gasteiger partial charge in [0.05, 0.1) is 12.7 Å². The summed E-state index contributed by atoms with van der Waals surface area (Å²) in [6.45, 7) is 0. The van der Waals surface area contributed by atoms with Crippen LogP contribution in [-0.4, -0.2) is 24.2 Å². The van der Waals surface area contributed by atoms with Crippen LogP contribution in [0.2, 0.25) is 0 Å². The van der Waals surface area contributed by atoms with E-state index in [-0.39, 0.29) is 5.78 Å². The quantitative estimate of drug-likeness (QED) is 0.476. The SMILES string of the molecule is COC(=O)c1cc(C(=O)CCBr)ccc1Br. The molecule has 0 saturated heterocycles. The molecule has 0 aliphatic rings. The molecule has 1 aromatic carbocycles. The van der Waals surface area contributed by atoms with Crippen molar-refractivity contribution in [2.45, 2.75) is 6.42 Å². The number of alkyl halides is 1. The molecule has 0 unspecified atom stereocenters.